The second-order valence-electron chi connectivity index (χ2n) is 4.97. The number of aromatic amines is 1. The van der Waals surface area contributed by atoms with Crippen molar-refractivity contribution in [2.75, 3.05) is 19.7 Å². The molecule has 1 amide bonds. The van der Waals surface area contributed by atoms with Gasteiger partial charge in [0.15, 0.2) is 5.82 Å². The summed E-state index contributed by atoms with van der Waals surface area (Å²) in [7, 11) is 0. The number of carbonyl (C=O) groups excluding carboxylic acids is 1. The van der Waals surface area contributed by atoms with Crippen LogP contribution >= 0.6 is 0 Å². The molecule has 0 aromatic carbocycles. The summed E-state index contributed by atoms with van der Waals surface area (Å²) >= 11 is 0. The number of amides is 1. The highest BCUT2D eigenvalue weighted by Crippen LogP contribution is 2.21. The molecule has 0 bridgehead atoms. The highest BCUT2D eigenvalue weighted by molar-refractivity contribution is 5.80. The number of morpholine rings is 1. The van der Waals surface area contributed by atoms with Crippen LogP contribution in [0.5, 0.6) is 0 Å². The Hall–Kier alpha value is -2.29. The van der Waals surface area contributed by atoms with E-state index in [0.29, 0.717) is 25.5 Å². The van der Waals surface area contributed by atoms with Crippen LogP contribution in [0.1, 0.15) is 30.7 Å². The van der Waals surface area contributed by atoms with Crippen LogP contribution in [0.2, 0.25) is 0 Å². The number of ether oxygens (including phenoxy) is 1. The van der Waals surface area contributed by atoms with Gasteiger partial charge in [-0.25, -0.2) is 14.6 Å². The lowest BCUT2D eigenvalue weighted by Crippen LogP contribution is -2.45. The molecular weight excluding hydrogens is 274 g/mol. The second kappa shape index (κ2) is 5.60. The highest BCUT2D eigenvalue weighted by atomic mass is 16.5. The minimum Gasteiger partial charge on any atom is -0.366 e. The summed E-state index contributed by atoms with van der Waals surface area (Å²) in [4.78, 5) is 22.4. The van der Waals surface area contributed by atoms with Gasteiger partial charge in [-0.3, -0.25) is 9.89 Å². The predicted octanol–water partition coefficient (Wildman–Crippen LogP) is -0.134. The van der Waals surface area contributed by atoms with Crippen molar-refractivity contribution in [3.05, 3.63) is 24.3 Å². The molecule has 1 saturated heterocycles. The summed E-state index contributed by atoms with van der Waals surface area (Å²) in [6.45, 7) is 5.09. The third-order valence-corrected chi connectivity index (χ3v) is 3.47. The molecule has 2 atom stereocenters. The van der Waals surface area contributed by atoms with Crippen molar-refractivity contribution in [3.8, 4) is 0 Å². The number of rotatable bonds is 3. The van der Waals surface area contributed by atoms with Gasteiger partial charge in [0.25, 0.3) is 0 Å². The number of H-pyrrole nitrogens is 1. The van der Waals surface area contributed by atoms with E-state index in [1.165, 1.54) is 6.33 Å². The number of hydrogen-bond donors (Lipinski definition) is 1. The number of nitrogens with one attached hydrogen (secondary N) is 1. The number of aromatic nitrogens is 6. The zero-order valence-corrected chi connectivity index (χ0v) is 11.9. The van der Waals surface area contributed by atoms with E-state index in [0.717, 1.165) is 5.82 Å². The lowest BCUT2D eigenvalue weighted by molar-refractivity contribution is -0.142. The Balaban J connectivity index is 1.69. The quantitative estimate of drug-likeness (QED) is 0.845. The van der Waals surface area contributed by atoms with E-state index in [9.17, 15) is 4.79 Å². The molecule has 2 aromatic rings. The van der Waals surface area contributed by atoms with Crippen molar-refractivity contribution in [1.29, 1.82) is 0 Å². The fraction of sp³-hybridized carbons (Fsp3) is 0.583. The Morgan fingerprint density at radius 2 is 2.43 bits per heavy atom. The molecular formula is C12H17N7O2. The molecule has 3 heterocycles. The van der Waals surface area contributed by atoms with Gasteiger partial charge < -0.3 is 9.64 Å². The summed E-state index contributed by atoms with van der Waals surface area (Å²) in [5.74, 6) is 1.30. The third-order valence-electron chi connectivity index (χ3n) is 3.47. The van der Waals surface area contributed by atoms with E-state index in [1.807, 2.05) is 6.92 Å². The van der Waals surface area contributed by atoms with Gasteiger partial charge in [-0.1, -0.05) is 0 Å². The van der Waals surface area contributed by atoms with E-state index in [1.54, 1.807) is 22.8 Å². The maximum absolute atomic E-state index is 12.5. The average Bonchev–Trinajstić information content (AvgIpc) is 3.17. The first kappa shape index (κ1) is 13.7. The fourth-order valence-electron chi connectivity index (χ4n) is 2.30. The summed E-state index contributed by atoms with van der Waals surface area (Å²) in [5.41, 5.74) is 0. The van der Waals surface area contributed by atoms with Gasteiger partial charge in [0.1, 0.15) is 30.6 Å². The fourth-order valence-corrected chi connectivity index (χ4v) is 2.30. The van der Waals surface area contributed by atoms with Crippen LogP contribution < -0.4 is 0 Å². The summed E-state index contributed by atoms with van der Waals surface area (Å²) < 4.78 is 7.20. The molecule has 0 aliphatic carbocycles. The molecule has 1 aliphatic rings. The van der Waals surface area contributed by atoms with E-state index in [-0.39, 0.29) is 18.1 Å². The smallest absolute Gasteiger partial charge is 0.247 e. The highest BCUT2D eigenvalue weighted by Gasteiger charge is 2.30. The number of hydrogen-bond acceptors (Lipinski definition) is 6. The zero-order chi connectivity index (χ0) is 14.8. The van der Waals surface area contributed by atoms with E-state index in [4.69, 9.17) is 4.74 Å². The maximum atomic E-state index is 12.5. The monoisotopic (exact) mass is 291 g/mol. The van der Waals surface area contributed by atoms with Gasteiger partial charge in [-0.2, -0.15) is 10.2 Å². The van der Waals surface area contributed by atoms with E-state index < -0.39 is 0 Å². The molecule has 2 unspecified atom stereocenters. The van der Waals surface area contributed by atoms with E-state index >= 15 is 0 Å². The van der Waals surface area contributed by atoms with E-state index in [2.05, 4.69) is 25.3 Å². The number of carbonyl (C=O) groups is 1. The first-order chi connectivity index (χ1) is 10.1. The van der Waals surface area contributed by atoms with Gasteiger partial charge in [-0.05, 0) is 13.8 Å². The average molecular weight is 291 g/mol. The molecule has 3 rings (SSSR count). The number of aryl methyl sites for hydroxylation is 1. The van der Waals surface area contributed by atoms with Crippen molar-refractivity contribution < 1.29 is 9.53 Å². The van der Waals surface area contributed by atoms with Crippen LogP contribution in [0.3, 0.4) is 0 Å². The molecule has 112 valence electrons. The Bertz CT molecular complexity index is 609. The minimum atomic E-state index is -0.389. The Morgan fingerprint density at radius 1 is 1.57 bits per heavy atom. The molecule has 1 N–H and O–H groups in total. The van der Waals surface area contributed by atoms with Gasteiger partial charge in [0.05, 0.1) is 13.2 Å². The molecule has 9 nitrogen and oxygen atoms in total. The SMILES string of the molecule is Cc1nc(C2CN(C(=O)C(C)n3cncn3)CCO2)n[nH]1. The molecule has 1 aliphatic heterocycles. The van der Waals surface area contributed by atoms with Crippen molar-refractivity contribution in [2.24, 2.45) is 0 Å². The van der Waals surface area contributed by atoms with Crippen molar-refractivity contribution >= 4 is 5.91 Å². The second-order valence-corrected chi connectivity index (χ2v) is 4.97. The van der Waals surface area contributed by atoms with Gasteiger partial charge in [0, 0.05) is 6.54 Å². The zero-order valence-electron chi connectivity index (χ0n) is 11.9. The van der Waals surface area contributed by atoms with Crippen LogP contribution in [0.15, 0.2) is 12.7 Å². The molecule has 0 radical (unpaired) electrons. The topological polar surface area (TPSA) is 102 Å². The van der Waals surface area contributed by atoms with Crippen molar-refractivity contribution in [1.82, 2.24) is 34.8 Å². The first-order valence-corrected chi connectivity index (χ1v) is 6.78. The summed E-state index contributed by atoms with van der Waals surface area (Å²) in [6, 6.07) is -0.389. The van der Waals surface area contributed by atoms with Gasteiger partial charge in [-0.15, -0.1) is 0 Å². The molecule has 0 spiro atoms. The van der Waals surface area contributed by atoms with Gasteiger partial charge >= 0.3 is 0 Å². The Kier molecular flexibility index (Phi) is 3.65. The first-order valence-electron chi connectivity index (χ1n) is 6.78. The van der Waals surface area contributed by atoms with Crippen LogP contribution in [0.4, 0.5) is 0 Å². The maximum Gasteiger partial charge on any atom is 0.247 e. The van der Waals surface area contributed by atoms with Crippen molar-refractivity contribution in [2.45, 2.75) is 26.0 Å². The molecule has 1 fully saturated rings. The number of nitrogens with zero attached hydrogens (tertiary/aromatic N) is 6. The molecule has 9 heteroatoms. The third kappa shape index (κ3) is 2.77. The van der Waals surface area contributed by atoms with Crippen molar-refractivity contribution in [3.63, 3.8) is 0 Å². The normalized spacial score (nSPS) is 20.5. The van der Waals surface area contributed by atoms with Crippen LogP contribution in [-0.4, -0.2) is 60.4 Å². The molecule has 21 heavy (non-hydrogen) atoms. The van der Waals surface area contributed by atoms with Crippen LogP contribution in [0, 0.1) is 6.92 Å². The minimum absolute atomic E-state index is 0.0129. The predicted molar refractivity (Wildman–Crippen MR) is 71.1 cm³/mol. The largest absolute Gasteiger partial charge is 0.366 e. The molecule has 0 saturated carbocycles. The Labute approximate surface area is 121 Å². The van der Waals surface area contributed by atoms with Crippen LogP contribution in [0.25, 0.3) is 0 Å². The summed E-state index contributed by atoms with van der Waals surface area (Å²) in [5, 5.41) is 10.9. The van der Waals surface area contributed by atoms with Gasteiger partial charge in [0.2, 0.25) is 5.91 Å². The lowest BCUT2D eigenvalue weighted by Gasteiger charge is -2.33. The molecule has 2 aromatic heterocycles. The van der Waals surface area contributed by atoms with Crippen LogP contribution in [-0.2, 0) is 9.53 Å². The summed E-state index contributed by atoms with van der Waals surface area (Å²) in [6.07, 6.45) is 2.66. The Morgan fingerprint density at radius 3 is 3.10 bits per heavy atom. The standard InChI is InChI=1S/C12H17N7O2/c1-8(19-7-13-6-14-19)12(20)18-3-4-21-10(5-18)11-15-9(2)16-17-11/h6-8,10H,3-5H2,1-2H3,(H,15,16,17). The lowest BCUT2D eigenvalue weighted by atomic mass is 10.2.